The molecular weight excluding hydrogens is 240 g/mol. The third-order valence-electron chi connectivity index (χ3n) is 2.99. The Labute approximate surface area is 110 Å². The van der Waals surface area contributed by atoms with Crippen LogP contribution in [0.5, 0.6) is 11.5 Å². The number of H-pyrrole nitrogens is 1. The van der Waals surface area contributed by atoms with Gasteiger partial charge in [0.05, 0.1) is 5.52 Å². The number of hydrogen-bond donors (Lipinski definition) is 3. The quantitative estimate of drug-likeness (QED) is 0.613. The van der Waals surface area contributed by atoms with Crippen LogP contribution in [-0.2, 0) is 0 Å². The van der Waals surface area contributed by atoms with Gasteiger partial charge >= 0.3 is 0 Å². The van der Waals surface area contributed by atoms with Crippen LogP contribution < -0.4 is 16.2 Å². The maximum Gasteiger partial charge on any atom is 0.153 e. The van der Waals surface area contributed by atoms with Crippen LogP contribution in [0.1, 0.15) is 5.56 Å². The van der Waals surface area contributed by atoms with Gasteiger partial charge in [-0.3, -0.25) is 5.10 Å². The normalized spacial score (nSPS) is 10.8. The second-order valence-electron chi connectivity index (χ2n) is 4.44. The number of ether oxygens (including phenoxy) is 1. The van der Waals surface area contributed by atoms with E-state index < -0.39 is 0 Å². The van der Waals surface area contributed by atoms with Gasteiger partial charge in [0.1, 0.15) is 11.5 Å². The molecule has 0 saturated carbocycles. The average molecular weight is 254 g/mol. The van der Waals surface area contributed by atoms with Crippen LogP contribution in [0.2, 0.25) is 0 Å². The first-order valence-corrected chi connectivity index (χ1v) is 5.91. The van der Waals surface area contributed by atoms with Crippen molar-refractivity contribution in [3.05, 3.63) is 42.0 Å². The molecule has 3 aromatic rings. The van der Waals surface area contributed by atoms with E-state index >= 15 is 0 Å². The van der Waals surface area contributed by atoms with Crippen LogP contribution in [0.15, 0.2) is 36.4 Å². The Kier molecular flexibility index (Phi) is 2.52. The molecule has 0 unspecified atom stereocenters. The molecule has 5 heteroatoms. The number of nitrogens with zero attached hydrogens (tertiary/aromatic N) is 1. The number of hydrogen-bond acceptors (Lipinski definition) is 4. The lowest BCUT2D eigenvalue weighted by molar-refractivity contribution is 0.479. The average Bonchev–Trinajstić information content (AvgIpc) is 2.74. The zero-order valence-electron chi connectivity index (χ0n) is 10.5. The maximum absolute atomic E-state index is 5.84. The summed E-state index contributed by atoms with van der Waals surface area (Å²) in [6, 6.07) is 11.2. The fourth-order valence-electron chi connectivity index (χ4n) is 2.00. The van der Waals surface area contributed by atoms with Gasteiger partial charge in [0.15, 0.2) is 5.82 Å². The molecule has 0 atom stereocenters. The number of aryl methyl sites for hydroxylation is 1. The fraction of sp³-hybridized carbons (Fsp3) is 0.0714. The first-order valence-electron chi connectivity index (χ1n) is 5.91. The first-order chi connectivity index (χ1) is 9.13. The van der Waals surface area contributed by atoms with E-state index in [1.165, 1.54) is 0 Å². The number of anilines is 2. The molecule has 19 heavy (non-hydrogen) atoms. The lowest BCUT2D eigenvalue weighted by Crippen LogP contribution is -1.90. The number of rotatable bonds is 2. The summed E-state index contributed by atoms with van der Waals surface area (Å²) in [6.07, 6.45) is 0. The molecule has 0 aliphatic carbocycles. The summed E-state index contributed by atoms with van der Waals surface area (Å²) < 4.78 is 5.84. The van der Waals surface area contributed by atoms with E-state index in [4.69, 9.17) is 16.2 Å². The minimum atomic E-state index is 0.491. The SMILES string of the molecule is Cc1cc(N)ccc1Oc1ccc2c(N)n[nH]c2c1. The molecule has 0 bridgehead atoms. The number of fused-ring (bicyclic) bond motifs is 1. The Hall–Kier alpha value is -2.69. The van der Waals surface area contributed by atoms with Crippen molar-refractivity contribution in [3.8, 4) is 11.5 Å². The van der Waals surface area contributed by atoms with Crippen molar-refractivity contribution < 1.29 is 4.74 Å². The van der Waals surface area contributed by atoms with Crippen LogP contribution >= 0.6 is 0 Å². The number of aromatic amines is 1. The van der Waals surface area contributed by atoms with E-state index in [0.29, 0.717) is 5.82 Å². The van der Waals surface area contributed by atoms with Gasteiger partial charge in [-0.2, -0.15) is 5.10 Å². The standard InChI is InChI=1S/C14H14N4O/c1-8-6-9(15)2-5-13(8)19-10-3-4-11-12(7-10)17-18-14(11)16/h2-7H,15H2,1H3,(H3,16,17,18). The zero-order chi connectivity index (χ0) is 13.4. The predicted octanol–water partition coefficient (Wildman–Crippen LogP) is 2.83. The van der Waals surface area contributed by atoms with Gasteiger partial charge in [0.2, 0.25) is 0 Å². The summed E-state index contributed by atoms with van der Waals surface area (Å²) in [4.78, 5) is 0. The third-order valence-corrected chi connectivity index (χ3v) is 2.99. The van der Waals surface area contributed by atoms with E-state index in [0.717, 1.165) is 33.7 Å². The van der Waals surface area contributed by atoms with E-state index in [2.05, 4.69) is 10.2 Å². The number of nitrogens with two attached hydrogens (primary N) is 2. The molecule has 5 nitrogen and oxygen atoms in total. The molecule has 0 amide bonds. The summed E-state index contributed by atoms with van der Waals surface area (Å²) in [5.41, 5.74) is 14.0. The molecule has 5 N–H and O–H groups in total. The highest BCUT2D eigenvalue weighted by Crippen LogP contribution is 2.29. The summed E-state index contributed by atoms with van der Waals surface area (Å²) in [5.74, 6) is 2.00. The molecule has 0 spiro atoms. The monoisotopic (exact) mass is 254 g/mol. The van der Waals surface area contributed by atoms with Crippen molar-refractivity contribution in [3.63, 3.8) is 0 Å². The molecule has 2 aromatic carbocycles. The molecule has 1 aromatic heterocycles. The third kappa shape index (κ3) is 2.06. The number of nitrogen functional groups attached to an aromatic ring is 2. The van der Waals surface area contributed by atoms with Crippen molar-refractivity contribution in [2.24, 2.45) is 0 Å². The Balaban J connectivity index is 1.96. The Morgan fingerprint density at radius 3 is 2.74 bits per heavy atom. The fourth-order valence-corrected chi connectivity index (χ4v) is 2.00. The second-order valence-corrected chi connectivity index (χ2v) is 4.44. The van der Waals surface area contributed by atoms with Gasteiger partial charge < -0.3 is 16.2 Å². The van der Waals surface area contributed by atoms with Gasteiger partial charge in [-0.25, -0.2) is 0 Å². The number of aromatic nitrogens is 2. The van der Waals surface area contributed by atoms with Crippen LogP contribution in [-0.4, -0.2) is 10.2 Å². The van der Waals surface area contributed by atoms with Gasteiger partial charge in [-0.05, 0) is 42.8 Å². The molecule has 96 valence electrons. The number of benzene rings is 2. The van der Waals surface area contributed by atoms with Crippen molar-refractivity contribution in [1.29, 1.82) is 0 Å². The second kappa shape index (κ2) is 4.20. The van der Waals surface area contributed by atoms with Crippen molar-refractivity contribution >= 4 is 22.4 Å². The molecule has 0 saturated heterocycles. The molecule has 1 heterocycles. The lowest BCUT2D eigenvalue weighted by atomic mass is 10.2. The van der Waals surface area contributed by atoms with Crippen LogP contribution in [0, 0.1) is 6.92 Å². The molecule has 3 rings (SSSR count). The van der Waals surface area contributed by atoms with E-state index in [1.54, 1.807) is 0 Å². The first kappa shape index (κ1) is 11.4. The smallest absolute Gasteiger partial charge is 0.153 e. The molecular formula is C14H14N4O. The highest BCUT2D eigenvalue weighted by Gasteiger charge is 2.06. The lowest BCUT2D eigenvalue weighted by Gasteiger charge is -2.09. The van der Waals surface area contributed by atoms with Gasteiger partial charge in [-0.1, -0.05) is 0 Å². The Bertz CT molecular complexity index is 748. The van der Waals surface area contributed by atoms with Crippen molar-refractivity contribution in [1.82, 2.24) is 10.2 Å². The van der Waals surface area contributed by atoms with Gasteiger partial charge in [-0.15, -0.1) is 0 Å². The zero-order valence-corrected chi connectivity index (χ0v) is 10.5. The summed E-state index contributed by atoms with van der Waals surface area (Å²) in [6.45, 7) is 1.96. The largest absolute Gasteiger partial charge is 0.457 e. The Morgan fingerprint density at radius 1 is 1.11 bits per heavy atom. The van der Waals surface area contributed by atoms with Crippen molar-refractivity contribution in [2.45, 2.75) is 6.92 Å². The topological polar surface area (TPSA) is 89.9 Å². The van der Waals surface area contributed by atoms with Crippen LogP contribution in [0.3, 0.4) is 0 Å². The van der Waals surface area contributed by atoms with Gasteiger partial charge in [0.25, 0.3) is 0 Å². The predicted molar refractivity (Wildman–Crippen MR) is 76.2 cm³/mol. The van der Waals surface area contributed by atoms with Crippen LogP contribution in [0.4, 0.5) is 11.5 Å². The summed E-state index contributed by atoms with van der Waals surface area (Å²) in [5, 5.41) is 7.71. The molecule has 0 radical (unpaired) electrons. The van der Waals surface area contributed by atoms with E-state index in [9.17, 15) is 0 Å². The van der Waals surface area contributed by atoms with Gasteiger partial charge in [0, 0.05) is 17.1 Å². The van der Waals surface area contributed by atoms with E-state index in [1.807, 2.05) is 43.3 Å². The minimum absolute atomic E-state index is 0.491. The summed E-state index contributed by atoms with van der Waals surface area (Å²) >= 11 is 0. The number of nitrogens with one attached hydrogen (secondary N) is 1. The molecule has 0 aliphatic rings. The molecule has 0 fully saturated rings. The van der Waals surface area contributed by atoms with Crippen molar-refractivity contribution in [2.75, 3.05) is 11.5 Å². The highest BCUT2D eigenvalue weighted by atomic mass is 16.5. The van der Waals surface area contributed by atoms with E-state index in [-0.39, 0.29) is 0 Å². The van der Waals surface area contributed by atoms with Crippen LogP contribution in [0.25, 0.3) is 10.9 Å². The Morgan fingerprint density at radius 2 is 1.95 bits per heavy atom. The highest BCUT2D eigenvalue weighted by molar-refractivity contribution is 5.89. The maximum atomic E-state index is 5.84. The summed E-state index contributed by atoms with van der Waals surface area (Å²) in [7, 11) is 0. The molecule has 0 aliphatic heterocycles. The minimum Gasteiger partial charge on any atom is -0.457 e.